The first-order valence-electron chi connectivity index (χ1n) is 6.34. The van der Waals surface area contributed by atoms with Gasteiger partial charge in [0.1, 0.15) is 12.7 Å². The topological polar surface area (TPSA) is 46.0 Å². The van der Waals surface area contributed by atoms with Crippen molar-refractivity contribution in [3.05, 3.63) is 42.5 Å². The molecule has 1 aromatic heterocycles. The third kappa shape index (κ3) is 2.45. The highest BCUT2D eigenvalue weighted by Crippen LogP contribution is 2.20. The normalized spacial score (nSPS) is 15.0. The number of aromatic nitrogens is 3. The van der Waals surface area contributed by atoms with Gasteiger partial charge in [-0.1, -0.05) is 12.1 Å². The SMILES string of the molecule is c1cc(N2CCCC2)ccc1CNn1cnnc1. The molecule has 94 valence electrons. The van der Waals surface area contributed by atoms with E-state index in [2.05, 4.69) is 44.8 Å². The van der Waals surface area contributed by atoms with Crippen molar-refractivity contribution in [1.82, 2.24) is 14.9 Å². The van der Waals surface area contributed by atoms with Crippen molar-refractivity contribution in [2.45, 2.75) is 19.4 Å². The molecule has 18 heavy (non-hydrogen) atoms. The molecule has 5 nitrogen and oxygen atoms in total. The Morgan fingerprint density at radius 2 is 1.67 bits per heavy atom. The first-order valence-corrected chi connectivity index (χ1v) is 6.34. The summed E-state index contributed by atoms with van der Waals surface area (Å²) in [5.41, 5.74) is 5.80. The van der Waals surface area contributed by atoms with Crippen LogP contribution in [0.5, 0.6) is 0 Å². The Bertz CT molecular complexity index is 471. The Hall–Kier alpha value is -2.04. The van der Waals surface area contributed by atoms with E-state index >= 15 is 0 Å². The van der Waals surface area contributed by atoms with Gasteiger partial charge in [-0.25, -0.2) is 4.68 Å². The fourth-order valence-electron chi connectivity index (χ4n) is 2.26. The maximum Gasteiger partial charge on any atom is 0.138 e. The minimum atomic E-state index is 0.776. The maximum absolute atomic E-state index is 3.74. The fraction of sp³-hybridized carbons (Fsp3) is 0.385. The minimum absolute atomic E-state index is 0.776. The number of benzene rings is 1. The average Bonchev–Trinajstić information content (AvgIpc) is 3.10. The zero-order valence-electron chi connectivity index (χ0n) is 10.3. The van der Waals surface area contributed by atoms with E-state index in [1.165, 1.54) is 37.2 Å². The number of anilines is 1. The van der Waals surface area contributed by atoms with E-state index in [4.69, 9.17) is 0 Å². The van der Waals surface area contributed by atoms with Crippen molar-refractivity contribution in [3.63, 3.8) is 0 Å². The molecule has 1 saturated heterocycles. The summed E-state index contributed by atoms with van der Waals surface area (Å²) in [7, 11) is 0. The Balaban J connectivity index is 1.60. The molecule has 0 unspecified atom stereocenters. The van der Waals surface area contributed by atoms with Crippen LogP contribution in [0.3, 0.4) is 0 Å². The lowest BCUT2D eigenvalue weighted by Crippen LogP contribution is -2.17. The minimum Gasteiger partial charge on any atom is -0.372 e. The van der Waals surface area contributed by atoms with E-state index in [1.807, 2.05) is 0 Å². The quantitative estimate of drug-likeness (QED) is 0.886. The van der Waals surface area contributed by atoms with E-state index in [0.29, 0.717) is 0 Å². The van der Waals surface area contributed by atoms with Gasteiger partial charge in [-0.3, -0.25) is 0 Å². The highest BCUT2D eigenvalue weighted by atomic mass is 15.5. The van der Waals surface area contributed by atoms with Crippen LogP contribution >= 0.6 is 0 Å². The molecule has 3 rings (SSSR count). The molecule has 1 aliphatic rings. The van der Waals surface area contributed by atoms with Crippen LogP contribution in [0.2, 0.25) is 0 Å². The second-order valence-corrected chi connectivity index (χ2v) is 4.56. The van der Waals surface area contributed by atoms with Gasteiger partial charge in [0.25, 0.3) is 0 Å². The zero-order chi connectivity index (χ0) is 12.2. The predicted octanol–water partition coefficient (Wildman–Crippen LogP) is 1.62. The summed E-state index contributed by atoms with van der Waals surface area (Å²) in [6.45, 7) is 3.16. The molecule has 1 aromatic carbocycles. The summed E-state index contributed by atoms with van der Waals surface area (Å²) in [6.07, 6.45) is 5.94. The summed E-state index contributed by atoms with van der Waals surface area (Å²) in [5, 5.41) is 7.49. The molecule has 1 N–H and O–H groups in total. The van der Waals surface area contributed by atoms with Gasteiger partial charge in [0, 0.05) is 18.8 Å². The molecule has 0 radical (unpaired) electrons. The lowest BCUT2D eigenvalue weighted by atomic mass is 10.2. The van der Waals surface area contributed by atoms with Crippen molar-refractivity contribution in [3.8, 4) is 0 Å². The summed E-state index contributed by atoms with van der Waals surface area (Å²) in [5.74, 6) is 0. The maximum atomic E-state index is 3.74. The molecule has 0 saturated carbocycles. The third-order valence-electron chi connectivity index (χ3n) is 3.29. The second kappa shape index (κ2) is 5.08. The van der Waals surface area contributed by atoms with Crippen LogP contribution in [0.4, 0.5) is 5.69 Å². The highest BCUT2D eigenvalue weighted by Gasteiger charge is 2.11. The van der Waals surface area contributed by atoms with Crippen LogP contribution in [0.1, 0.15) is 18.4 Å². The smallest absolute Gasteiger partial charge is 0.138 e. The van der Waals surface area contributed by atoms with Gasteiger partial charge in [0.05, 0.1) is 6.54 Å². The number of nitrogens with zero attached hydrogens (tertiary/aromatic N) is 4. The van der Waals surface area contributed by atoms with Crippen LogP contribution in [0, 0.1) is 0 Å². The van der Waals surface area contributed by atoms with Crippen molar-refractivity contribution >= 4 is 5.69 Å². The monoisotopic (exact) mass is 243 g/mol. The Morgan fingerprint density at radius 1 is 1.00 bits per heavy atom. The first kappa shape index (κ1) is 11.1. The van der Waals surface area contributed by atoms with Gasteiger partial charge in [-0.05, 0) is 30.5 Å². The molecule has 0 amide bonds. The van der Waals surface area contributed by atoms with Gasteiger partial charge in [0.15, 0.2) is 0 Å². The van der Waals surface area contributed by atoms with E-state index < -0.39 is 0 Å². The van der Waals surface area contributed by atoms with Gasteiger partial charge in [0.2, 0.25) is 0 Å². The molecule has 0 bridgehead atoms. The van der Waals surface area contributed by atoms with Gasteiger partial charge < -0.3 is 10.3 Å². The number of nitrogens with one attached hydrogen (secondary N) is 1. The summed E-state index contributed by atoms with van der Waals surface area (Å²) in [6, 6.07) is 8.75. The van der Waals surface area contributed by atoms with E-state index in [1.54, 1.807) is 17.3 Å². The van der Waals surface area contributed by atoms with Crippen LogP contribution in [-0.4, -0.2) is 28.0 Å². The molecule has 0 spiro atoms. The van der Waals surface area contributed by atoms with E-state index in [0.717, 1.165) is 6.54 Å². The van der Waals surface area contributed by atoms with E-state index in [-0.39, 0.29) is 0 Å². The van der Waals surface area contributed by atoms with Crippen molar-refractivity contribution in [1.29, 1.82) is 0 Å². The van der Waals surface area contributed by atoms with Crippen molar-refractivity contribution in [2.24, 2.45) is 0 Å². The predicted molar refractivity (Wildman–Crippen MR) is 71.0 cm³/mol. The Labute approximate surface area is 106 Å². The summed E-state index contributed by atoms with van der Waals surface area (Å²) >= 11 is 0. The van der Waals surface area contributed by atoms with Crippen LogP contribution in [0.15, 0.2) is 36.9 Å². The molecular weight excluding hydrogens is 226 g/mol. The number of rotatable bonds is 4. The molecule has 1 fully saturated rings. The average molecular weight is 243 g/mol. The van der Waals surface area contributed by atoms with E-state index in [9.17, 15) is 0 Å². The largest absolute Gasteiger partial charge is 0.372 e. The van der Waals surface area contributed by atoms with Crippen molar-refractivity contribution in [2.75, 3.05) is 23.4 Å². The first-order chi connectivity index (χ1) is 8.92. The lowest BCUT2D eigenvalue weighted by molar-refractivity contribution is 0.835. The second-order valence-electron chi connectivity index (χ2n) is 4.56. The number of hydrogen-bond acceptors (Lipinski definition) is 4. The number of hydrogen-bond donors (Lipinski definition) is 1. The molecule has 2 heterocycles. The zero-order valence-corrected chi connectivity index (χ0v) is 10.3. The van der Waals surface area contributed by atoms with Crippen LogP contribution in [0.25, 0.3) is 0 Å². The summed E-state index contributed by atoms with van der Waals surface area (Å²) in [4.78, 5) is 2.44. The molecule has 5 heteroatoms. The Morgan fingerprint density at radius 3 is 2.33 bits per heavy atom. The molecule has 2 aromatic rings. The molecule has 1 aliphatic heterocycles. The molecular formula is C13H17N5. The third-order valence-corrected chi connectivity index (χ3v) is 3.29. The van der Waals surface area contributed by atoms with Crippen LogP contribution in [-0.2, 0) is 6.54 Å². The Kier molecular flexibility index (Phi) is 3.12. The fourth-order valence-corrected chi connectivity index (χ4v) is 2.26. The van der Waals surface area contributed by atoms with Gasteiger partial charge in [-0.15, -0.1) is 10.2 Å². The highest BCUT2D eigenvalue weighted by molar-refractivity contribution is 5.48. The van der Waals surface area contributed by atoms with Gasteiger partial charge in [-0.2, -0.15) is 0 Å². The van der Waals surface area contributed by atoms with Crippen LogP contribution < -0.4 is 10.3 Å². The molecule has 0 atom stereocenters. The van der Waals surface area contributed by atoms with Crippen molar-refractivity contribution < 1.29 is 0 Å². The lowest BCUT2D eigenvalue weighted by Gasteiger charge is -2.17. The summed E-state index contributed by atoms with van der Waals surface area (Å²) < 4.78 is 1.76. The standard InChI is InChI=1S/C13H17N5/c1-2-8-17(7-1)13-5-3-12(4-6-13)9-16-18-10-14-15-11-18/h3-6,10-11,16H,1-2,7-9H2. The molecule has 0 aliphatic carbocycles. The van der Waals surface area contributed by atoms with Gasteiger partial charge >= 0.3 is 0 Å².